The quantitative estimate of drug-likeness (QED) is 0.603. The summed E-state index contributed by atoms with van der Waals surface area (Å²) in [6.07, 6.45) is 13.8. The summed E-state index contributed by atoms with van der Waals surface area (Å²) < 4.78 is 12.5. The molecule has 0 bridgehead atoms. The molecule has 158 valence electrons. The number of rotatable bonds is 2. The van der Waals surface area contributed by atoms with E-state index in [9.17, 15) is 4.79 Å². The maximum Gasteiger partial charge on any atom is 0.157 e. The molecule has 0 unspecified atom stereocenters. The first-order valence-electron chi connectivity index (χ1n) is 12.2. The van der Waals surface area contributed by atoms with Gasteiger partial charge in [0.15, 0.2) is 6.29 Å². The van der Waals surface area contributed by atoms with Gasteiger partial charge in [-0.1, -0.05) is 20.8 Å². The van der Waals surface area contributed by atoms with E-state index < -0.39 is 0 Å². The maximum atomic E-state index is 12.4. The van der Waals surface area contributed by atoms with Crippen LogP contribution in [0, 0.1) is 40.4 Å². The Hall–Kier alpha value is -0.410. The fraction of sp³-hybridized carbons (Fsp3) is 0.960. The van der Waals surface area contributed by atoms with Crippen molar-refractivity contribution in [1.82, 2.24) is 0 Å². The Morgan fingerprint density at radius 3 is 2.57 bits per heavy atom. The molecule has 5 fully saturated rings. The molecule has 1 saturated heterocycles. The van der Waals surface area contributed by atoms with Crippen molar-refractivity contribution in [1.29, 1.82) is 0 Å². The molecule has 0 aromatic carbocycles. The van der Waals surface area contributed by atoms with Crippen molar-refractivity contribution in [2.24, 2.45) is 40.4 Å². The second kappa shape index (κ2) is 7.08. The predicted octanol–water partition coefficient (Wildman–Crippen LogP) is 5.76. The van der Waals surface area contributed by atoms with Crippen LogP contribution in [0.1, 0.15) is 91.4 Å². The second-order valence-electron chi connectivity index (χ2n) is 11.5. The number of carbonyl (C=O) groups is 1. The van der Waals surface area contributed by atoms with E-state index in [-0.39, 0.29) is 12.2 Å². The van der Waals surface area contributed by atoms with Crippen molar-refractivity contribution in [3.05, 3.63) is 0 Å². The lowest BCUT2D eigenvalue weighted by atomic mass is 9.44. The number of hydrogen-bond acceptors (Lipinski definition) is 3. The Bertz CT molecular complexity index is 611. The van der Waals surface area contributed by atoms with E-state index in [4.69, 9.17) is 9.47 Å². The van der Waals surface area contributed by atoms with Gasteiger partial charge in [0.05, 0.1) is 6.10 Å². The zero-order valence-corrected chi connectivity index (χ0v) is 18.3. The van der Waals surface area contributed by atoms with Gasteiger partial charge in [-0.2, -0.15) is 0 Å². The SMILES string of the molecule is C[C@H]1C[C@@]2(C)[C@H](CC[C@@H]3[C@@H]2CC[C@]2(C)[C@@H](O[C@@H]4CCCCO4)CC[C@@H]32)CC1=O. The average molecular weight is 389 g/mol. The minimum Gasteiger partial charge on any atom is -0.353 e. The fourth-order valence-electron chi connectivity index (χ4n) is 8.58. The van der Waals surface area contributed by atoms with Gasteiger partial charge >= 0.3 is 0 Å². The summed E-state index contributed by atoms with van der Waals surface area (Å²) in [7, 11) is 0. The molecule has 4 saturated carbocycles. The molecule has 3 heteroatoms. The van der Waals surface area contributed by atoms with E-state index in [2.05, 4.69) is 20.8 Å². The number of Topliss-reactive ketones (excluding diaryl/α,β-unsaturated/α-hetero) is 1. The first kappa shape index (κ1) is 19.5. The van der Waals surface area contributed by atoms with Crippen molar-refractivity contribution in [2.75, 3.05) is 6.61 Å². The molecule has 0 aromatic rings. The topological polar surface area (TPSA) is 35.5 Å². The first-order chi connectivity index (χ1) is 13.4. The molecule has 1 heterocycles. The van der Waals surface area contributed by atoms with Crippen LogP contribution in [-0.2, 0) is 14.3 Å². The normalized spacial score (nSPS) is 54.0. The standard InChI is InChI=1S/C25H40O3/c1-16-15-25(3)17(14-21(16)26)7-8-18-19-9-10-22(24(19,2)12-11-20(18)25)28-23-6-4-5-13-27-23/h16-20,22-23H,4-15H2,1-3H3/t16-,17+,18-,19-,20-,22-,23+,24-,25-/m0/s1. The molecule has 5 rings (SSSR count). The van der Waals surface area contributed by atoms with Crippen molar-refractivity contribution >= 4 is 5.78 Å². The highest BCUT2D eigenvalue weighted by Crippen LogP contribution is 2.66. The van der Waals surface area contributed by atoms with E-state index in [1.807, 2.05) is 0 Å². The largest absolute Gasteiger partial charge is 0.353 e. The van der Waals surface area contributed by atoms with E-state index in [1.54, 1.807) is 0 Å². The van der Waals surface area contributed by atoms with Gasteiger partial charge < -0.3 is 9.47 Å². The third-order valence-corrected chi connectivity index (χ3v) is 10.2. The number of hydrogen-bond donors (Lipinski definition) is 0. The number of fused-ring (bicyclic) bond motifs is 5. The zero-order valence-electron chi connectivity index (χ0n) is 18.3. The fourth-order valence-corrected chi connectivity index (χ4v) is 8.58. The molecule has 0 aromatic heterocycles. The monoisotopic (exact) mass is 388 g/mol. The summed E-state index contributed by atoms with van der Waals surface area (Å²) in [4.78, 5) is 12.4. The van der Waals surface area contributed by atoms with E-state index in [1.165, 1.54) is 51.4 Å². The van der Waals surface area contributed by atoms with Gasteiger partial charge in [-0.3, -0.25) is 4.79 Å². The highest BCUT2D eigenvalue weighted by Gasteiger charge is 2.61. The molecule has 0 amide bonds. The minimum atomic E-state index is 0.0468. The van der Waals surface area contributed by atoms with E-state index in [0.717, 1.165) is 43.6 Å². The Labute approximate surface area is 171 Å². The number of ketones is 1. The summed E-state index contributed by atoms with van der Waals surface area (Å²) in [5.41, 5.74) is 0.726. The van der Waals surface area contributed by atoms with Crippen LogP contribution < -0.4 is 0 Å². The predicted molar refractivity (Wildman–Crippen MR) is 110 cm³/mol. The molecule has 3 nitrogen and oxygen atoms in total. The van der Waals surface area contributed by atoms with Crippen LogP contribution in [0.3, 0.4) is 0 Å². The minimum absolute atomic E-state index is 0.0468. The number of ether oxygens (including phenoxy) is 2. The van der Waals surface area contributed by atoms with Gasteiger partial charge in [-0.05, 0) is 98.7 Å². The van der Waals surface area contributed by atoms with Crippen LogP contribution in [0.4, 0.5) is 0 Å². The van der Waals surface area contributed by atoms with E-state index in [0.29, 0.717) is 28.6 Å². The Morgan fingerprint density at radius 1 is 0.964 bits per heavy atom. The molecule has 0 N–H and O–H groups in total. The summed E-state index contributed by atoms with van der Waals surface area (Å²) in [6.45, 7) is 8.15. The van der Waals surface area contributed by atoms with Crippen LogP contribution in [0.25, 0.3) is 0 Å². The summed E-state index contributed by atoms with van der Waals surface area (Å²) in [5.74, 6) is 3.93. The van der Waals surface area contributed by atoms with Crippen LogP contribution in [0.5, 0.6) is 0 Å². The van der Waals surface area contributed by atoms with Gasteiger partial charge in [-0.15, -0.1) is 0 Å². The highest BCUT2D eigenvalue weighted by molar-refractivity contribution is 5.82. The lowest BCUT2D eigenvalue weighted by Crippen LogP contribution is -2.55. The second-order valence-corrected chi connectivity index (χ2v) is 11.5. The molecule has 28 heavy (non-hydrogen) atoms. The molecule has 5 aliphatic rings. The van der Waals surface area contributed by atoms with Gasteiger partial charge in [0.2, 0.25) is 0 Å². The molecular formula is C25H40O3. The van der Waals surface area contributed by atoms with E-state index >= 15 is 0 Å². The lowest BCUT2D eigenvalue weighted by molar-refractivity contribution is -0.218. The Balaban J connectivity index is 1.34. The lowest BCUT2D eigenvalue weighted by Gasteiger charge is -2.60. The van der Waals surface area contributed by atoms with Gasteiger partial charge in [-0.25, -0.2) is 0 Å². The third-order valence-electron chi connectivity index (χ3n) is 10.2. The van der Waals surface area contributed by atoms with Crippen molar-refractivity contribution < 1.29 is 14.3 Å². The van der Waals surface area contributed by atoms with Crippen LogP contribution in [0.15, 0.2) is 0 Å². The molecular weight excluding hydrogens is 348 g/mol. The van der Waals surface area contributed by atoms with Crippen molar-refractivity contribution in [3.8, 4) is 0 Å². The maximum absolute atomic E-state index is 12.4. The summed E-state index contributed by atoms with van der Waals surface area (Å²) in [5, 5.41) is 0. The Morgan fingerprint density at radius 2 is 1.79 bits per heavy atom. The van der Waals surface area contributed by atoms with Crippen molar-refractivity contribution in [2.45, 2.75) is 104 Å². The first-order valence-corrected chi connectivity index (χ1v) is 12.2. The van der Waals surface area contributed by atoms with Gasteiger partial charge in [0, 0.05) is 18.9 Å². The summed E-state index contributed by atoms with van der Waals surface area (Å²) in [6, 6.07) is 0. The summed E-state index contributed by atoms with van der Waals surface area (Å²) >= 11 is 0. The van der Waals surface area contributed by atoms with Crippen LogP contribution in [-0.4, -0.2) is 24.8 Å². The van der Waals surface area contributed by atoms with Crippen LogP contribution >= 0.6 is 0 Å². The third kappa shape index (κ3) is 2.94. The number of carbonyl (C=O) groups excluding carboxylic acids is 1. The molecule has 4 aliphatic carbocycles. The zero-order chi connectivity index (χ0) is 19.5. The van der Waals surface area contributed by atoms with Gasteiger partial charge in [0.25, 0.3) is 0 Å². The molecule has 1 aliphatic heterocycles. The molecule has 0 radical (unpaired) electrons. The van der Waals surface area contributed by atoms with Crippen molar-refractivity contribution in [3.63, 3.8) is 0 Å². The van der Waals surface area contributed by atoms with Crippen LogP contribution in [0.2, 0.25) is 0 Å². The highest BCUT2D eigenvalue weighted by atomic mass is 16.7. The molecule has 0 spiro atoms. The Kier molecular flexibility index (Phi) is 4.94. The molecule has 9 atom stereocenters. The average Bonchev–Trinajstić information content (AvgIpc) is 3.00. The smallest absolute Gasteiger partial charge is 0.157 e. The van der Waals surface area contributed by atoms with Gasteiger partial charge in [0.1, 0.15) is 5.78 Å².